The smallest absolute Gasteiger partial charge is 0.429 e. The molecule has 7 heteroatoms. The Balaban J connectivity index is 2.23. The van der Waals surface area contributed by atoms with Gasteiger partial charge in [0.1, 0.15) is 0 Å². The summed E-state index contributed by atoms with van der Waals surface area (Å²) in [7, 11) is 0. The molecule has 2 rings (SSSR count). The van der Waals surface area contributed by atoms with Gasteiger partial charge in [0.15, 0.2) is 0 Å². The number of ether oxygens (including phenoxy) is 1. The van der Waals surface area contributed by atoms with Crippen LogP contribution < -0.4 is 0 Å². The predicted octanol–water partition coefficient (Wildman–Crippen LogP) is 3.14. The van der Waals surface area contributed by atoms with E-state index in [0.717, 1.165) is 6.20 Å². The molecule has 0 spiro atoms. The van der Waals surface area contributed by atoms with Gasteiger partial charge < -0.3 is 9.15 Å². The van der Waals surface area contributed by atoms with Crippen molar-refractivity contribution in [3.05, 3.63) is 54.2 Å². The number of halogens is 3. The maximum atomic E-state index is 12.9. The molecular formula is C12H8F3NO3. The maximum absolute atomic E-state index is 12.9. The third-order valence-electron chi connectivity index (χ3n) is 2.23. The third kappa shape index (κ3) is 3.12. The summed E-state index contributed by atoms with van der Waals surface area (Å²) in [5.74, 6) is -1.48. The summed E-state index contributed by atoms with van der Waals surface area (Å²) < 4.78 is 47.8. The van der Waals surface area contributed by atoms with E-state index < -0.39 is 18.2 Å². The molecule has 2 heterocycles. The van der Waals surface area contributed by atoms with Crippen LogP contribution >= 0.6 is 0 Å². The predicted molar refractivity (Wildman–Crippen MR) is 57.2 cm³/mol. The van der Waals surface area contributed by atoms with E-state index in [0.29, 0.717) is 0 Å². The minimum absolute atomic E-state index is 0.255. The topological polar surface area (TPSA) is 52.3 Å². The van der Waals surface area contributed by atoms with Crippen LogP contribution in [0.15, 0.2) is 47.3 Å². The first-order chi connectivity index (χ1) is 8.98. The first kappa shape index (κ1) is 13.1. The quantitative estimate of drug-likeness (QED) is 0.805. The number of carbonyl (C=O) groups is 1. The van der Waals surface area contributed by atoms with Gasteiger partial charge in [-0.1, -0.05) is 6.07 Å². The lowest BCUT2D eigenvalue weighted by Crippen LogP contribution is -2.26. The van der Waals surface area contributed by atoms with E-state index in [4.69, 9.17) is 0 Å². The summed E-state index contributed by atoms with van der Waals surface area (Å²) in [6, 6.07) is 5.11. The first-order valence-corrected chi connectivity index (χ1v) is 5.19. The third-order valence-corrected chi connectivity index (χ3v) is 2.23. The molecule has 0 unspecified atom stereocenters. The van der Waals surface area contributed by atoms with Crippen LogP contribution in [0, 0.1) is 0 Å². The molecule has 0 radical (unpaired) electrons. The molecule has 0 N–H and O–H groups in total. The lowest BCUT2D eigenvalue weighted by Gasteiger charge is -2.20. The molecular weight excluding hydrogens is 263 g/mol. The van der Waals surface area contributed by atoms with Crippen LogP contribution in [0.1, 0.15) is 22.2 Å². The molecule has 0 saturated heterocycles. The van der Waals surface area contributed by atoms with E-state index in [2.05, 4.69) is 14.1 Å². The monoisotopic (exact) mass is 271 g/mol. The zero-order chi connectivity index (χ0) is 13.9. The van der Waals surface area contributed by atoms with Crippen LogP contribution in [0.5, 0.6) is 0 Å². The number of carbonyl (C=O) groups excluding carboxylic acids is 1. The fourth-order valence-corrected chi connectivity index (χ4v) is 1.41. The fraction of sp³-hybridized carbons (Fsp3) is 0.167. The maximum Gasteiger partial charge on any atom is 0.429 e. The van der Waals surface area contributed by atoms with Crippen molar-refractivity contribution >= 4 is 5.97 Å². The number of hydrogen-bond acceptors (Lipinski definition) is 4. The Labute approximate surface area is 105 Å². The number of rotatable bonds is 3. The number of furan rings is 1. The molecule has 100 valence electrons. The molecule has 0 fully saturated rings. The largest absolute Gasteiger partial charge is 0.457 e. The van der Waals surface area contributed by atoms with E-state index >= 15 is 0 Å². The van der Waals surface area contributed by atoms with Crippen LogP contribution in [0.4, 0.5) is 13.2 Å². The van der Waals surface area contributed by atoms with Crippen molar-refractivity contribution in [1.82, 2.24) is 4.98 Å². The highest BCUT2D eigenvalue weighted by Gasteiger charge is 2.44. The number of alkyl halides is 3. The second-order valence-electron chi connectivity index (χ2n) is 3.59. The summed E-state index contributed by atoms with van der Waals surface area (Å²) in [4.78, 5) is 15.1. The molecule has 19 heavy (non-hydrogen) atoms. The van der Waals surface area contributed by atoms with Gasteiger partial charge in [-0.3, -0.25) is 4.98 Å². The summed E-state index contributed by atoms with van der Waals surface area (Å²) >= 11 is 0. The Morgan fingerprint density at radius 2 is 2.11 bits per heavy atom. The van der Waals surface area contributed by atoms with E-state index in [1.165, 1.54) is 36.7 Å². The number of nitrogens with zero attached hydrogens (tertiary/aromatic N) is 1. The second-order valence-corrected chi connectivity index (χ2v) is 3.59. The van der Waals surface area contributed by atoms with Gasteiger partial charge in [-0.2, -0.15) is 13.2 Å². The lowest BCUT2D eigenvalue weighted by molar-refractivity contribution is -0.207. The van der Waals surface area contributed by atoms with Crippen molar-refractivity contribution < 1.29 is 27.1 Å². The van der Waals surface area contributed by atoms with Gasteiger partial charge in [-0.25, -0.2) is 4.79 Å². The van der Waals surface area contributed by atoms with Gasteiger partial charge in [-0.05, 0) is 18.2 Å². The van der Waals surface area contributed by atoms with Crippen molar-refractivity contribution in [2.24, 2.45) is 0 Å². The normalized spacial score (nSPS) is 13.0. The number of hydrogen-bond donors (Lipinski definition) is 0. The van der Waals surface area contributed by atoms with Crippen molar-refractivity contribution in [1.29, 1.82) is 0 Å². The zero-order valence-electron chi connectivity index (χ0n) is 9.42. The molecule has 0 aliphatic heterocycles. The molecule has 0 aliphatic carbocycles. The Morgan fingerprint density at radius 3 is 2.63 bits per heavy atom. The summed E-state index contributed by atoms with van der Waals surface area (Å²) in [6.07, 6.45) is -3.62. The van der Waals surface area contributed by atoms with Gasteiger partial charge in [0.25, 0.3) is 0 Å². The summed E-state index contributed by atoms with van der Waals surface area (Å²) in [5.41, 5.74) is -0.255. The highest BCUT2D eigenvalue weighted by molar-refractivity contribution is 5.86. The molecule has 2 aromatic heterocycles. The van der Waals surface area contributed by atoms with Gasteiger partial charge in [0, 0.05) is 18.0 Å². The van der Waals surface area contributed by atoms with Crippen LogP contribution in [0.25, 0.3) is 0 Å². The zero-order valence-corrected chi connectivity index (χ0v) is 9.42. The van der Waals surface area contributed by atoms with Crippen molar-refractivity contribution in [2.45, 2.75) is 12.3 Å². The van der Waals surface area contributed by atoms with Crippen molar-refractivity contribution in [3.8, 4) is 0 Å². The summed E-state index contributed by atoms with van der Waals surface area (Å²) in [6.45, 7) is 0. The Hall–Kier alpha value is -2.31. The Kier molecular flexibility index (Phi) is 3.55. The Morgan fingerprint density at radius 1 is 1.32 bits per heavy atom. The van der Waals surface area contributed by atoms with Gasteiger partial charge in [0.2, 0.25) is 11.9 Å². The van der Waals surface area contributed by atoms with Crippen LogP contribution in [0.3, 0.4) is 0 Å². The van der Waals surface area contributed by atoms with Crippen LogP contribution in [-0.4, -0.2) is 17.1 Å². The molecule has 0 aliphatic rings. The van der Waals surface area contributed by atoms with Crippen molar-refractivity contribution in [3.63, 3.8) is 0 Å². The average Bonchev–Trinajstić information content (AvgIpc) is 2.89. The van der Waals surface area contributed by atoms with E-state index in [-0.39, 0.29) is 11.3 Å². The van der Waals surface area contributed by atoms with Crippen molar-refractivity contribution in [2.75, 3.05) is 0 Å². The lowest BCUT2D eigenvalue weighted by atomic mass is 10.1. The minimum atomic E-state index is -4.73. The molecule has 4 nitrogen and oxygen atoms in total. The van der Waals surface area contributed by atoms with Gasteiger partial charge >= 0.3 is 12.1 Å². The minimum Gasteiger partial charge on any atom is -0.457 e. The average molecular weight is 271 g/mol. The van der Waals surface area contributed by atoms with E-state index in [1.54, 1.807) is 0 Å². The molecule has 0 saturated carbocycles. The fourth-order valence-electron chi connectivity index (χ4n) is 1.41. The highest BCUT2D eigenvalue weighted by Crippen LogP contribution is 2.36. The standard InChI is InChI=1S/C12H8F3NO3/c13-12(14,15)10(8-3-1-5-16-7-8)19-11(17)9-4-2-6-18-9/h1-7,10H/t10-/m1/s1. The highest BCUT2D eigenvalue weighted by atomic mass is 19.4. The summed E-state index contributed by atoms with van der Waals surface area (Å²) in [5, 5.41) is 0. The second kappa shape index (κ2) is 5.13. The van der Waals surface area contributed by atoms with E-state index in [9.17, 15) is 18.0 Å². The number of aromatic nitrogens is 1. The molecule has 0 aromatic carbocycles. The molecule has 1 atom stereocenters. The van der Waals surface area contributed by atoms with Gasteiger partial charge in [-0.15, -0.1) is 0 Å². The van der Waals surface area contributed by atoms with Crippen LogP contribution in [-0.2, 0) is 4.74 Å². The molecule has 2 aromatic rings. The molecule has 0 amide bonds. The first-order valence-electron chi connectivity index (χ1n) is 5.19. The van der Waals surface area contributed by atoms with E-state index in [1.807, 2.05) is 0 Å². The van der Waals surface area contributed by atoms with Gasteiger partial charge in [0.05, 0.1) is 6.26 Å². The number of pyridine rings is 1. The Bertz CT molecular complexity index is 537. The SMILES string of the molecule is O=C(O[C@H](c1cccnc1)C(F)(F)F)c1ccco1. The molecule has 0 bridgehead atoms. The number of esters is 1. The van der Waals surface area contributed by atoms with Crippen LogP contribution in [0.2, 0.25) is 0 Å².